The molecular weight excluding hydrogens is 558 g/mol. The van der Waals surface area contributed by atoms with Crippen LogP contribution in [0.1, 0.15) is 74.7 Å². The zero-order valence-electron chi connectivity index (χ0n) is 24.8. The highest BCUT2D eigenvalue weighted by atomic mass is 16.8. The Morgan fingerprint density at radius 3 is 2.30 bits per heavy atom. The summed E-state index contributed by atoms with van der Waals surface area (Å²) in [5, 5.41) is 64.2. The number of rotatable bonds is 5. The number of carbonyl (C=O) groups is 2. The van der Waals surface area contributed by atoms with Crippen molar-refractivity contribution in [1.82, 2.24) is 4.98 Å². The van der Waals surface area contributed by atoms with Gasteiger partial charge in [-0.2, -0.15) is 0 Å². The summed E-state index contributed by atoms with van der Waals surface area (Å²) in [6, 6.07) is 11.2. The summed E-state index contributed by atoms with van der Waals surface area (Å²) in [4.78, 5) is 30.0. The fourth-order valence-electron chi connectivity index (χ4n) is 10.5. The highest BCUT2D eigenvalue weighted by Gasteiger charge is 3.11. The minimum absolute atomic E-state index is 0.0164. The Bertz CT molecular complexity index is 1520. The van der Waals surface area contributed by atoms with Gasteiger partial charge in [0.1, 0.15) is 33.5 Å². The number of carbonyl (C=O) groups excluding carboxylic acids is 2. The Morgan fingerprint density at radius 1 is 1.02 bits per heavy atom. The quantitative estimate of drug-likeness (QED) is 0.278. The molecule has 232 valence electrons. The normalized spacial score (nSPS) is 50.6. The number of benzene rings is 1. The van der Waals surface area contributed by atoms with Crippen LogP contribution < -0.4 is 0 Å². The predicted octanol–water partition coefficient (Wildman–Crippen LogP) is 1.68. The van der Waals surface area contributed by atoms with Crippen LogP contribution in [0.5, 0.6) is 0 Å². The largest absolute Gasteiger partial charge is 0.451 e. The zero-order valence-corrected chi connectivity index (χ0v) is 24.8. The second-order valence-electron chi connectivity index (χ2n) is 14.1. The predicted molar refractivity (Wildman–Crippen MR) is 148 cm³/mol. The third kappa shape index (κ3) is 2.50. The molecule has 11 nitrogen and oxygen atoms in total. The molecule has 6 bridgehead atoms. The molecule has 0 amide bonds. The first-order valence-corrected chi connectivity index (χ1v) is 14.9. The summed E-state index contributed by atoms with van der Waals surface area (Å²) in [5.41, 5.74) is -15.7. The van der Waals surface area contributed by atoms with Crippen molar-refractivity contribution in [3.63, 3.8) is 0 Å². The number of aliphatic hydroxyl groups is 5. The Labute approximate surface area is 248 Å². The first-order valence-electron chi connectivity index (χ1n) is 14.9. The van der Waals surface area contributed by atoms with E-state index < -0.39 is 80.6 Å². The van der Waals surface area contributed by atoms with Gasteiger partial charge in [-0.25, -0.2) is 9.59 Å². The Morgan fingerprint density at radius 2 is 1.70 bits per heavy atom. The fraction of sp³-hybridized carbons (Fsp3) is 0.625. The molecule has 43 heavy (non-hydrogen) atoms. The van der Waals surface area contributed by atoms with Crippen LogP contribution in [0.2, 0.25) is 0 Å². The van der Waals surface area contributed by atoms with Crippen LogP contribution in [0.15, 0.2) is 48.7 Å². The number of hydrogen-bond acceptors (Lipinski definition) is 10. The van der Waals surface area contributed by atoms with Crippen LogP contribution in [0.4, 0.5) is 0 Å². The smallest absolute Gasteiger partial charge is 0.355 e. The monoisotopic (exact) mass is 597 g/mol. The molecule has 0 radical (unpaired) electrons. The van der Waals surface area contributed by atoms with Crippen LogP contribution in [0.3, 0.4) is 0 Å². The number of aliphatic hydroxyl groups excluding tert-OH is 1. The van der Waals surface area contributed by atoms with Gasteiger partial charge in [0.25, 0.3) is 0 Å². The van der Waals surface area contributed by atoms with E-state index >= 15 is 0 Å². The lowest BCUT2D eigenvalue weighted by atomic mass is 9.52. The van der Waals surface area contributed by atoms with Crippen molar-refractivity contribution in [1.29, 1.82) is 0 Å². The number of ether oxygens (including phenoxy) is 3. The van der Waals surface area contributed by atoms with Gasteiger partial charge in [0, 0.05) is 18.0 Å². The van der Waals surface area contributed by atoms with E-state index in [2.05, 4.69) is 4.98 Å². The summed E-state index contributed by atoms with van der Waals surface area (Å²) < 4.78 is 19.0. The molecule has 0 unspecified atom stereocenters. The molecule has 2 aliphatic heterocycles. The van der Waals surface area contributed by atoms with E-state index in [9.17, 15) is 35.1 Å². The maximum Gasteiger partial charge on any atom is 0.355 e. The van der Waals surface area contributed by atoms with Crippen molar-refractivity contribution in [3.8, 4) is 0 Å². The van der Waals surface area contributed by atoms with Gasteiger partial charge < -0.3 is 44.7 Å². The van der Waals surface area contributed by atoms with Gasteiger partial charge in [-0.15, -0.1) is 0 Å². The lowest BCUT2D eigenvalue weighted by Gasteiger charge is -2.61. The van der Waals surface area contributed by atoms with E-state index in [1.165, 1.54) is 26.1 Å². The molecule has 1 aromatic carbocycles. The van der Waals surface area contributed by atoms with Gasteiger partial charge in [0.15, 0.2) is 11.7 Å². The average molecular weight is 598 g/mol. The van der Waals surface area contributed by atoms with Crippen molar-refractivity contribution in [2.45, 2.75) is 99.9 Å². The summed E-state index contributed by atoms with van der Waals surface area (Å²) in [6.45, 7) is 7.97. The molecule has 11 heteroatoms. The van der Waals surface area contributed by atoms with Crippen LogP contribution >= 0.6 is 0 Å². The molecule has 2 saturated heterocycles. The molecule has 3 heterocycles. The van der Waals surface area contributed by atoms with E-state index in [0.29, 0.717) is 6.42 Å². The lowest BCUT2D eigenvalue weighted by Crippen LogP contribution is -2.75. The van der Waals surface area contributed by atoms with E-state index in [1.807, 2.05) is 0 Å². The number of aromatic amines is 1. The highest BCUT2D eigenvalue weighted by Crippen LogP contribution is 2.91. The van der Waals surface area contributed by atoms with Crippen LogP contribution in [-0.4, -0.2) is 88.5 Å². The minimum atomic E-state index is -2.68. The van der Waals surface area contributed by atoms with Crippen LogP contribution in [0, 0.1) is 22.7 Å². The zero-order chi connectivity index (χ0) is 31.2. The van der Waals surface area contributed by atoms with Crippen molar-refractivity contribution in [3.05, 3.63) is 59.9 Å². The van der Waals surface area contributed by atoms with E-state index in [4.69, 9.17) is 14.2 Å². The van der Waals surface area contributed by atoms with Crippen LogP contribution in [0.25, 0.3) is 0 Å². The fourth-order valence-corrected chi connectivity index (χ4v) is 10.5. The summed E-state index contributed by atoms with van der Waals surface area (Å²) in [7, 11) is 0. The average Bonchev–Trinajstić information content (AvgIpc) is 3.60. The second kappa shape index (κ2) is 8.07. The highest BCUT2D eigenvalue weighted by molar-refractivity contribution is 5.90. The van der Waals surface area contributed by atoms with Gasteiger partial charge >= 0.3 is 11.9 Å². The van der Waals surface area contributed by atoms with E-state index in [0.717, 1.165) is 0 Å². The number of H-pyrrole nitrogens is 1. The third-order valence-corrected chi connectivity index (χ3v) is 12.5. The molecule has 4 saturated carbocycles. The maximum absolute atomic E-state index is 13.8. The Balaban J connectivity index is 1.53. The molecular formula is C32H39NO10. The SMILES string of the molecule is CC(C)[C@@]1(O)[C@@H](OC(=O)c2ccc[nH]2)[C@@]2(O)[C@@]3(C)C[C@]4(OC(=O)c5ccccc5)O[C@@]5([C@H](O)[C@@H](C)CC[C@]35O)[C@@]2(O)[C@@]41C. The van der Waals surface area contributed by atoms with Crippen LogP contribution in [-0.2, 0) is 14.2 Å². The molecule has 2 aromatic rings. The molecule has 6 fully saturated rings. The topological polar surface area (TPSA) is 179 Å². The molecule has 8 rings (SSSR count). The molecule has 6 aliphatic rings. The lowest BCUT2D eigenvalue weighted by molar-refractivity contribution is -0.387. The van der Waals surface area contributed by atoms with E-state index in [-0.39, 0.29) is 24.1 Å². The third-order valence-electron chi connectivity index (χ3n) is 12.5. The van der Waals surface area contributed by atoms with Crippen molar-refractivity contribution in [2.75, 3.05) is 0 Å². The Kier molecular flexibility index (Phi) is 5.43. The first-order chi connectivity index (χ1) is 20.0. The molecule has 1 aromatic heterocycles. The molecule has 1 spiro atoms. The minimum Gasteiger partial charge on any atom is -0.451 e. The van der Waals surface area contributed by atoms with Crippen molar-refractivity contribution < 1.29 is 49.3 Å². The molecule has 6 N–H and O–H groups in total. The number of hydrogen-bond donors (Lipinski definition) is 6. The van der Waals surface area contributed by atoms with E-state index in [1.54, 1.807) is 57.2 Å². The summed E-state index contributed by atoms with van der Waals surface area (Å²) in [5.74, 6) is -5.26. The number of aromatic nitrogens is 1. The van der Waals surface area contributed by atoms with Gasteiger partial charge in [-0.3, -0.25) is 0 Å². The number of esters is 2. The van der Waals surface area contributed by atoms with Crippen molar-refractivity contribution >= 4 is 11.9 Å². The molecule has 11 atom stereocenters. The molecule has 4 aliphatic carbocycles. The number of nitrogens with one attached hydrogen (secondary N) is 1. The van der Waals surface area contributed by atoms with Gasteiger partial charge in [0.05, 0.1) is 11.7 Å². The van der Waals surface area contributed by atoms with Gasteiger partial charge in [-0.1, -0.05) is 45.9 Å². The maximum atomic E-state index is 13.8. The van der Waals surface area contributed by atoms with Crippen molar-refractivity contribution in [2.24, 2.45) is 22.7 Å². The summed E-state index contributed by atoms with van der Waals surface area (Å²) >= 11 is 0. The first kappa shape index (κ1) is 28.9. The summed E-state index contributed by atoms with van der Waals surface area (Å²) in [6.07, 6.45) is -1.90. The van der Waals surface area contributed by atoms with Gasteiger partial charge in [0.2, 0.25) is 5.79 Å². The second-order valence-corrected chi connectivity index (χ2v) is 14.1. The Hall–Kier alpha value is -2.80. The van der Waals surface area contributed by atoms with Gasteiger partial charge in [-0.05, 0) is 55.9 Å². The standard InChI is InChI=1S/C32H39NO10/c1-17(2)29(38)24(41-23(36)20-12-9-15-33-20)30(39)25(4)16-28(42-22(35)19-10-7-6-8-11-19)26(29,5)32(30,40)31(43-28)21(34)18(3)13-14-27(25,31)37/h6-12,15,17-18,21,24,33-34,37-40H,13-14,16H2,1-5H3/t18-,21+,24+,25-,26-,27-,28-,29+,30+,31+,32+/m0/s1.